The predicted octanol–water partition coefficient (Wildman–Crippen LogP) is 3.79. The summed E-state index contributed by atoms with van der Waals surface area (Å²) < 4.78 is -0.846. The smallest absolute Gasteiger partial charge is 0.178 e. The monoisotopic (exact) mass is 397 g/mol. The largest absolute Gasteiger partial charge is 0.386 e. The van der Waals surface area contributed by atoms with Crippen molar-refractivity contribution in [2.24, 2.45) is 21.6 Å². The Morgan fingerprint density at radius 3 is 2.30 bits per heavy atom. The van der Waals surface area contributed by atoms with E-state index >= 15 is 0 Å². The second-order valence-electron chi connectivity index (χ2n) is 6.60. The van der Waals surface area contributed by atoms with E-state index in [4.69, 9.17) is 10.7 Å². The molecule has 3 rings (SSSR count). The molecule has 0 aliphatic carbocycles. The number of aliphatic imine (C=N–C) groups is 1. The first-order valence-electron chi connectivity index (χ1n) is 8.94. The van der Waals surface area contributed by atoms with Crippen LogP contribution in [0.5, 0.6) is 0 Å². The number of thioether (sulfide) groups is 2. The second kappa shape index (κ2) is 7.14. The number of fused-ring (bicyclic) bond motifs is 1. The lowest BCUT2D eigenvalue weighted by Gasteiger charge is -2.49. The average molecular weight is 398 g/mol. The molecule has 1 aromatic carbocycles. The van der Waals surface area contributed by atoms with Crippen LogP contribution in [0.3, 0.4) is 0 Å². The van der Waals surface area contributed by atoms with E-state index in [1.807, 2.05) is 57.2 Å². The number of nitrogens with zero attached hydrogens (tertiary/aromatic N) is 3. The molecule has 1 aromatic rings. The number of nitrogens with two attached hydrogens (primary N) is 1. The highest BCUT2D eigenvalue weighted by Crippen LogP contribution is 2.68. The summed E-state index contributed by atoms with van der Waals surface area (Å²) in [6, 6.07) is 14.2. The predicted molar refractivity (Wildman–Crippen MR) is 113 cm³/mol. The lowest BCUT2D eigenvalue weighted by molar-refractivity contribution is 0.218. The molecule has 0 aromatic heterocycles. The zero-order valence-electron chi connectivity index (χ0n) is 15.7. The Labute approximate surface area is 169 Å². The molecule has 2 aliphatic rings. The normalized spacial score (nSPS) is 30.9. The maximum Gasteiger partial charge on any atom is 0.178 e. The summed E-state index contributed by atoms with van der Waals surface area (Å²) in [5.74, 6) is 1.77. The lowest BCUT2D eigenvalue weighted by atomic mass is 9.58. The molecule has 0 bridgehead atoms. The molecule has 0 saturated carbocycles. The van der Waals surface area contributed by atoms with Crippen LogP contribution in [0.15, 0.2) is 47.1 Å². The number of hydrogen-bond acceptors (Lipinski definition) is 7. The van der Waals surface area contributed by atoms with Gasteiger partial charge in [0.25, 0.3) is 0 Å². The van der Waals surface area contributed by atoms with Gasteiger partial charge in [-0.3, -0.25) is 0 Å². The highest BCUT2D eigenvalue weighted by atomic mass is 32.2. The molecule has 3 atom stereocenters. The molecule has 7 heteroatoms. The Hall–Kier alpha value is -2.09. The first kappa shape index (κ1) is 19.7. The van der Waals surface area contributed by atoms with Gasteiger partial charge in [-0.2, -0.15) is 10.5 Å². The van der Waals surface area contributed by atoms with Gasteiger partial charge in [-0.1, -0.05) is 44.2 Å². The number of nitrogens with one attached hydrogen (secondary N) is 1. The Bertz CT molecular complexity index is 861. The van der Waals surface area contributed by atoms with E-state index in [1.54, 1.807) is 23.5 Å². The fourth-order valence-electron chi connectivity index (χ4n) is 4.17. The average Bonchev–Trinajstić information content (AvgIpc) is 2.88. The van der Waals surface area contributed by atoms with Crippen molar-refractivity contribution in [3.63, 3.8) is 0 Å². The van der Waals surface area contributed by atoms with Gasteiger partial charge in [-0.25, -0.2) is 4.99 Å². The molecule has 27 heavy (non-hydrogen) atoms. The highest BCUT2D eigenvalue weighted by Gasteiger charge is 2.74. The molecular formula is C20H23N5S2. The summed E-state index contributed by atoms with van der Waals surface area (Å²) in [4.78, 5) is 4.83. The molecule has 0 amide bonds. The molecule has 3 N–H and O–H groups in total. The van der Waals surface area contributed by atoms with Crippen LogP contribution in [0, 0.1) is 33.5 Å². The Morgan fingerprint density at radius 2 is 1.78 bits per heavy atom. The van der Waals surface area contributed by atoms with Crippen molar-refractivity contribution in [1.82, 2.24) is 5.32 Å². The molecule has 0 unspecified atom stereocenters. The number of allylic oxidation sites excluding steroid dienone is 1. The van der Waals surface area contributed by atoms with Crippen molar-refractivity contribution in [3.05, 3.63) is 47.7 Å². The van der Waals surface area contributed by atoms with Gasteiger partial charge in [0.05, 0.1) is 18.2 Å². The Morgan fingerprint density at radius 1 is 1.15 bits per heavy atom. The maximum absolute atomic E-state index is 10.5. The molecule has 0 saturated heterocycles. The van der Waals surface area contributed by atoms with E-state index in [-0.39, 0.29) is 5.84 Å². The molecule has 0 radical (unpaired) electrons. The topological polar surface area (TPSA) is 98.0 Å². The second-order valence-corrected chi connectivity index (χ2v) is 9.77. The maximum atomic E-state index is 10.5. The van der Waals surface area contributed by atoms with E-state index in [1.165, 1.54) is 0 Å². The van der Waals surface area contributed by atoms with Gasteiger partial charge in [0.2, 0.25) is 0 Å². The number of benzene rings is 1. The summed E-state index contributed by atoms with van der Waals surface area (Å²) in [5.41, 5.74) is 5.81. The van der Waals surface area contributed by atoms with Crippen LogP contribution >= 0.6 is 23.5 Å². The number of rotatable bonds is 5. The van der Waals surface area contributed by atoms with E-state index < -0.39 is 21.1 Å². The van der Waals surface area contributed by atoms with E-state index in [0.29, 0.717) is 0 Å². The first-order chi connectivity index (χ1) is 13.0. The van der Waals surface area contributed by atoms with Crippen LogP contribution < -0.4 is 11.1 Å². The lowest BCUT2D eigenvalue weighted by Crippen LogP contribution is -2.59. The standard InChI is InChI=1S/C20H23N5S2/c1-4-26-20(27-5-2)18(12-21)11-14(3)24-16(15-9-7-6-8-10-15)19(18,13-22)17(23)25-20/h6-11,16,24H,4-5H2,1-3H3,(H2,23,25)/t16-,18+,19-/m1/s1. The Kier molecular flexibility index (Phi) is 5.20. The van der Waals surface area contributed by atoms with Crippen LogP contribution in [-0.4, -0.2) is 21.5 Å². The summed E-state index contributed by atoms with van der Waals surface area (Å²) in [7, 11) is 0. The van der Waals surface area contributed by atoms with Gasteiger partial charge in [0, 0.05) is 5.70 Å². The first-order valence-corrected chi connectivity index (χ1v) is 10.9. The van der Waals surface area contributed by atoms with Gasteiger partial charge >= 0.3 is 0 Å². The zero-order chi connectivity index (χ0) is 19.7. The third-order valence-corrected chi connectivity index (χ3v) is 8.09. The van der Waals surface area contributed by atoms with E-state index in [0.717, 1.165) is 22.8 Å². The fourth-order valence-corrected chi connectivity index (χ4v) is 7.31. The van der Waals surface area contributed by atoms with Gasteiger partial charge < -0.3 is 11.1 Å². The zero-order valence-corrected chi connectivity index (χ0v) is 17.3. The van der Waals surface area contributed by atoms with Crippen molar-refractivity contribution in [2.75, 3.05) is 11.5 Å². The van der Waals surface area contributed by atoms with E-state index in [9.17, 15) is 10.5 Å². The van der Waals surface area contributed by atoms with Crippen LogP contribution in [0.25, 0.3) is 0 Å². The van der Waals surface area contributed by atoms with Crippen LogP contribution in [0.1, 0.15) is 32.4 Å². The summed E-state index contributed by atoms with van der Waals surface area (Å²) >= 11 is 3.17. The number of hydrogen-bond donors (Lipinski definition) is 2. The summed E-state index contributed by atoms with van der Waals surface area (Å²) in [5, 5.41) is 24.4. The highest BCUT2D eigenvalue weighted by molar-refractivity contribution is 8.18. The van der Waals surface area contributed by atoms with Crippen LogP contribution in [0.2, 0.25) is 0 Å². The molecule has 2 aliphatic heterocycles. The van der Waals surface area contributed by atoms with Crippen molar-refractivity contribution in [3.8, 4) is 12.1 Å². The van der Waals surface area contributed by atoms with Crippen LogP contribution in [-0.2, 0) is 0 Å². The SMILES string of the molecule is CCSC1(SCC)N=C(N)[C@@]2(C#N)[C@@H](c3ccccc3)NC(C)=C[C@@]12C#N. The molecule has 140 valence electrons. The van der Waals surface area contributed by atoms with Crippen molar-refractivity contribution in [1.29, 1.82) is 10.5 Å². The molecular weight excluding hydrogens is 374 g/mol. The third-order valence-electron chi connectivity index (χ3n) is 5.20. The van der Waals surface area contributed by atoms with Gasteiger partial charge in [0.15, 0.2) is 9.62 Å². The summed E-state index contributed by atoms with van der Waals surface area (Å²) in [6.45, 7) is 6.01. The van der Waals surface area contributed by atoms with Gasteiger partial charge in [-0.05, 0) is 30.1 Å². The minimum Gasteiger partial charge on any atom is -0.386 e. The molecule has 0 spiro atoms. The van der Waals surface area contributed by atoms with Crippen LogP contribution in [0.4, 0.5) is 0 Å². The minimum absolute atomic E-state index is 0.235. The van der Waals surface area contributed by atoms with E-state index in [2.05, 4.69) is 17.5 Å². The quantitative estimate of drug-likeness (QED) is 0.734. The van der Waals surface area contributed by atoms with Crippen molar-refractivity contribution in [2.45, 2.75) is 31.0 Å². The number of amidine groups is 1. The van der Waals surface area contributed by atoms with Gasteiger partial charge in [0.1, 0.15) is 11.3 Å². The fraction of sp³-hybridized carbons (Fsp3) is 0.450. The Balaban J connectivity index is 2.35. The van der Waals surface area contributed by atoms with Crippen molar-refractivity contribution < 1.29 is 0 Å². The van der Waals surface area contributed by atoms with Gasteiger partial charge in [-0.15, -0.1) is 23.5 Å². The molecule has 5 nitrogen and oxygen atoms in total. The van der Waals surface area contributed by atoms with Crippen molar-refractivity contribution >= 4 is 29.4 Å². The molecule has 2 heterocycles. The summed E-state index contributed by atoms with van der Waals surface area (Å²) in [6.07, 6.45) is 1.88. The third kappa shape index (κ3) is 2.49. The number of nitriles is 2. The molecule has 0 fully saturated rings. The minimum atomic E-state index is -1.28.